The molecule has 2 rings (SSSR count). The lowest BCUT2D eigenvalue weighted by Gasteiger charge is -2.39. The molecule has 0 saturated carbocycles. The summed E-state index contributed by atoms with van der Waals surface area (Å²) >= 11 is 0. The van der Waals surface area contributed by atoms with Gasteiger partial charge in [0.25, 0.3) is 0 Å². The Morgan fingerprint density at radius 3 is 2.70 bits per heavy atom. The van der Waals surface area contributed by atoms with Crippen LogP contribution in [0, 0.1) is 5.41 Å². The highest BCUT2D eigenvalue weighted by Gasteiger charge is 2.40. The quantitative estimate of drug-likeness (QED) is 0.896. The molecule has 1 aliphatic heterocycles. The molecule has 20 heavy (non-hydrogen) atoms. The van der Waals surface area contributed by atoms with E-state index >= 15 is 0 Å². The van der Waals surface area contributed by atoms with Crippen LogP contribution < -0.4 is 5.32 Å². The average molecular weight is 275 g/mol. The van der Waals surface area contributed by atoms with Crippen molar-refractivity contribution in [3.05, 3.63) is 30.1 Å². The fraction of sp³-hybridized carbons (Fsp3) is 0.625. The third kappa shape index (κ3) is 3.18. The largest absolute Gasteiger partial charge is 0.338 e. The van der Waals surface area contributed by atoms with Crippen molar-refractivity contribution >= 4 is 5.91 Å². The molecule has 0 spiro atoms. The van der Waals surface area contributed by atoms with Crippen molar-refractivity contribution in [3.8, 4) is 0 Å². The Hall–Kier alpha value is -1.42. The van der Waals surface area contributed by atoms with Gasteiger partial charge >= 0.3 is 0 Å². The van der Waals surface area contributed by atoms with Gasteiger partial charge in [-0.1, -0.05) is 6.92 Å². The van der Waals surface area contributed by atoms with E-state index in [-0.39, 0.29) is 5.41 Å². The number of hydrogen-bond donors (Lipinski definition) is 1. The number of pyridine rings is 1. The zero-order valence-corrected chi connectivity index (χ0v) is 12.6. The Kier molecular flexibility index (Phi) is 5.12. The van der Waals surface area contributed by atoms with Crippen LogP contribution >= 0.6 is 0 Å². The predicted molar refractivity (Wildman–Crippen MR) is 80.2 cm³/mol. The molecular formula is C16H25N3O. The number of carbonyl (C=O) groups excluding carboxylic acids is 1. The molecule has 1 aromatic heterocycles. The lowest BCUT2D eigenvalue weighted by Crippen LogP contribution is -2.51. The van der Waals surface area contributed by atoms with Crippen LogP contribution in [0.2, 0.25) is 0 Å². The van der Waals surface area contributed by atoms with E-state index in [1.54, 1.807) is 12.4 Å². The van der Waals surface area contributed by atoms with Gasteiger partial charge in [0, 0.05) is 32.0 Å². The summed E-state index contributed by atoms with van der Waals surface area (Å²) in [6.07, 6.45) is 6.57. The minimum Gasteiger partial charge on any atom is -0.338 e. The normalized spacial score (nSPS) is 22.5. The van der Waals surface area contributed by atoms with E-state index in [2.05, 4.69) is 24.1 Å². The first kappa shape index (κ1) is 15.0. The van der Waals surface area contributed by atoms with E-state index in [0.29, 0.717) is 12.5 Å². The van der Waals surface area contributed by atoms with Crippen molar-refractivity contribution in [1.29, 1.82) is 0 Å². The fourth-order valence-electron chi connectivity index (χ4n) is 2.97. The molecule has 1 unspecified atom stereocenters. The molecule has 2 heterocycles. The minimum absolute atomic E-state index is 0.207. The molecule has 0 radical (unpaired) electrons. The summed E-state index contributed by atoms with van der Waals surface area (Å²) in [5, 5.41) is 3.39. The SMILES string of the molecule is CCN(Cc1ccncc1)C(=O)C1(CC)CCCNC1. The number of carbonyl (C=O) groups is 1. The first-order chi connectivity index (χ1) is 9.72. The van der Waals surface area contributed by atoms with E-state index < -0.39 is 0 Å². The Morgan fingerprint density at radius 1 is 1.40 bits per heavy atom. The number of piperidine rings is 1. The van der Waals surface area contributed by atoms with Crippen molar-refractivity contribution in [2.45, 2.75) is 39.7 Å². The average Bonchev–Trinajstić information content (AvgIpc) is 2.53. The molecular weight excluding hydrogens is 250 g/mol. The fourth-order valence-corrected chi connectivity index (χ4v) is 2.97. The van der Waals surface area contributed by atoms with Crippen LogP contribution in [-0.4, -0.2) is 35.4 Å². The third-order valence-corrected chi connectivity index (χ3v) is 4.39. The van der Waals surface area contributed by atoms with Gasteiger partial charge in [-0.2, -0.15) is 0 Å². The standard InChI is InChI=1S/C16H25N3O/c1-3-16(8-5-9-18-13-16)15(20)19(4-2)12-14-6-10-17-11-7-14/h6-7,10-11,18H,3-5,8-9,12-13H2,1-2H3. The van der Waals surface area contributed by atoms with Crippen LogP contribution in [0.4, 0.5) is 0 Å². The van der Waals surface area contributed by atoms with Crippen LogP contribution in [0.3, 0.4) is 0 Å². The topological polar surface area (TPSA) is 45.2 Å². The van der Waals surface area contributed by atoms with Crippen molar-refractivity contribution in [2.24, 2.45) is 5.41 Å². The molecule has 0 aromatic carbocycles. The monoisotopic (exact) mass is 275 g/mol. The van der Waals surface area contributed by atoms with Gasteiger partial charge in [-0.25, -0.2) is 0 Å². The van der Waals surface area contributed by atoms with E-state index in [4.69, 9.17) is 0 Å². The highest BCUT2D eigenvalue weighted by molar-refractivity contribution is 5.83. The summed E-state index contributed by atoms with van der Waals surface area (Å²) in [4.78, 5) is 19.0. The Morgan fingerprint density at radius 2 is 2.15 bits per heavy atom. The van der Waals surface area contributed by atoms with Crippen LogP contribution in [0.25, 0.3) is 0 Å². The molecule has 110 valence electrons. The van der Waals surface area contributed by atoms with Gasteiger partial charge in [-0.15, -0.1) is 0 Å². The summed E-state index contributed by atoms with van der Waals surface area (Å²) in [5.41, 5.74) is 0.937. The molecule has 1 saturated heterocycles. The van der Waals surface area contributed by atoms with Crippen molar-refractivity contribution in [1.82, 2.24) is 15.2 Å². The number of nitrogens with zero attached hydrogens (tertiary/aromatic N) is 2. The van der Waals surface area contributed by atoms with Gasteiger partial charge in [-0.3, -0.25) is 9.78 Å². The van der Waals surface area contributed by atoms with Gasteiger partial charge in [0.05, 0.1) is 5.41 Å². The molecule has 0 bridgehead atoms. The van der Waals surface area contributed by atoms with Crippen LogP contribution in [0.1, 0.15) is 38.7 Å². The van der Waals surface area contributed by atoms with E-state index in [1.807, 2.05) is 17.0 Å². The maximum absolute atomic E-state index is 13.0. The molecule has 1 aliphatic rings. The van der Waals surface area contributed by atoms with Crippen molar-refractivity contribution < 1.29 is 4.79 Å². The van der Waals surface area contributed by atoms with E-state index in [1.165, 1.54) is 0 Å². The van der Waals surface area contributed by atoms with Crippen molar-refractivity contribution in [3.63, 3.8) is 0 Å². The number of aromatic nitrogens is 1. The van der Waals surface area contributed by atoms with E-state index in [0.717, 1.165) is 44.5 Å². The number of hydrogen-bond acceptors (Lipinski definition) is 3. The lowest BCUT2D eigenvalue weighted by atomic mass is 9.77. The van der Waals surface area contributed by atoms with E-state index in [9.17, 15) is 4.79 Å². The van der Waals surface area contributed by atoms with Crippen LogP contribution in [0.5, 0.6) is 0 Å². The second kappa shape index (κ2) is 6.84. The van der Waals surface area contributed by atoms with Gasteiger partial charge in [0.1, 0.15) is 0 Å². The van der Waals surface area contributed by atoms with Crippen LogP contribution in [-0.2, 0) is 11.3 Å². The first-order valence-electron chi connectivity index (χ1n) is 7.61. The summed E-state index contributed by atoms with van der Waals surface area (Å²) < 4.78 is 0. The molecule has 0 aliphatic carbocycles. The molecule has 1 aromatic rings. The molecule has 1 amide bonds. The van der Waals surface area contributed by atoms with Gasteiger partial charge in [0.2, 0.25) is 5.91 Å². The summed E-state index contributed by atoms with van der Waals surface area (Å²) in [6, 6.07) is 3.96. The van der Waals surface area contributed by atoms with Crippen molar-refractivity contribution in [2.75, 3.05) is 19.6 Å². The Bertz CT molecular complexity index is 427. The number of rotatable bonds is 5. The third-order valence-electron chi connectivity index (χ3n) is 4.39. The zero-order valence-electron chi connectivity index (χ0n) is 12.6. The summed E-state index contributed by atoms with van der Waals surface area (Å²) in [5.74, 6) is 0.298. The minimum atomic E-state index is -0.207. The number of nitrogens with one attached hydrogen (secondary N) is 1. The van der Waals surface area contributed by atoms with Crippen LogP contribution in [0.15, 0.2) is 24.5 Å². The lowest BCUT2D eigenvalue weighted by molar-refractivity contribution is -0.144. The maximum atomic E-state index is 13.0. The Balaban J connectivity index is 2.11. The summed E-state index contributed by atoms with van der Waals surface area (Å²) in [6.45, 7) is 7.47. The maximum Gasteiger partial charge on any atom is 0.230 e. The summed E-state index contributed by atoms with van der Waals surface area (Å²) in [7, 11) is 0. The molecule has 4 nitrogen and oxygen atoms in total. The Labute approximate surface area is 121 Å². The van der Waals surface area contributed by atoms with Gasteiger partial charge in [0.15, 0.2) is 0 Å². The first-order valence-corrected chi connectivity index (χ1v) is 7.61. The second-order valence-electron chi connectivity index (χ2n) is 5.59. The molecule has 1 atom stereocenters. The van der Waals surface area contributed by atoms with Gasteiger partial charge in [-0.05, 0) is 50.4 Å². The smallest absolute Gasteiger partial charge is 0.230 e. The molecule has 1 fully saturated rings. The number of amides is 1. The second-order valence-corrected chi connectivity index (χ2v) is 5.59. The zero-order chi connectivity index (χ0) is 14.4. The van der Waals surface area contributed by atoms with Gasteiger partial charge < -0.3 is 10.2 Å². The molecule has 1 N–H and O–H groups in total. The predicted octanol–water partition coefficient (Wildman–Crippen LogP) is 2.21. The molecule has 4 heteroatoms. The highest BCUT2D eigenvalue weighted by Crippen LogP contribution is 2.32. The highest BCUT2D eigenvalue weighted by atomic mass is 16.2.